The third-order valence-corrected chi connectivity index (χ3v) is 4.76. The first-order valence-electron chi connectivity index (χ1n) is 7.48. The normalized spacial score (nSPS) is 36.4. The van der Waals surface area contributed by atoms with E-state index in [1.165, 1.54) is 30.4 Å². The molecule has 2 saturated heterocycles. The standard InChI is InChI=1S/C16H21NO2/c1-2-4-13-11(3-1)7-8-18-16(13)10-17-14-9-12-5-6-15(14)19-12/h1-4,12,14-17H,5-10H2. The molecular formula is C16H21NO2. The molecule has 0 spiro atoms. The lowest BCUT2D eigenvalue weighted by molar-refractivity contribution is 0.0376. The van der Waals surface area contributed by atoms with Crippen molar-refractivity contribution in [3.63, 3.8) is 0 Å². The third kappa shape index (κ3) is 2.20. The summed E-state index contributed by atoms with van der Waals surface area (Å²) in [7, 11) is 0. The van der Waals surface area contributed by atoms with Crippen LogP contribution in [0, 0.1) is 0 Å². The summed E-state index contributed by atoms with van der Waals surface area (Å²) in [6.07, 6.45) is 5.88. The second-order valence-electron chi connectivity index (χ2n) is 5.93. The van der Waals surface area contributed by atoms with Crippen molar-refractivity contribution in [1.82, 2.24) is 5.32 Å². The molecule has 3 heterocycles. The molecule has 2 fully saturated rings. The Kier molecular flexibility index (Phi) is 3.06. The quantitative estimate of drug-likeness (QED) is 0.903. The maximum atomic E-state index is 5.94. The number of ether oxygens (including phenoxy) is 2. The molecule has 3 aliphatic heterocycles. The zero-order valence-corrected chi connectivity index (χ0v) is 11.2. The highest BCUT2D eigenvalue weighted by Gasteiger charge is 2.40. The molecule has 0 aliphatic carbocycles. The summed E-state index contributed by atoms with van der Waals surface area (Å²) in [5.41, 5.74) is 2.81. The molecule has 2 bridgehead atoms. The Morgan fingerprint density at radius 2 is 2.16 bits per heavy atom. The van der Waals surface area contributed by atoms with Gasteiger partial charge in [-0.15, -0.1) is 0 Å². The maximum absolute atomic E-state index is 5.94. The van der Waals surface area contributed by atoms with E-state index in [2.05, 4.69) is 29.6 Å². The zero-order chi connectivity index (χ0) is 12.7. The van der Waals surface area contributed by atoms with Crippen LogP contribution in [0.25, 0.3) is 0 Å². The molecule has 0 amide bonds. The van der Waals surface area contributed by atoms with E-state index in [4.69, 9.17) is 9.47 Å². The molecule has 4 unspecified atom stereocenters. The van der Waals surface area contributed by atoms with E-state index < -0.39 is 0 Å². The van der Waals surface area contributed by atoms with E-state index in [0.717, 1.165) is 19.6 Å². The number of nitrogens with one attached hydrogen (secondary N) is 1. The van der Waals surface area contributed by atoms with Gasteiger partial charge in [0, 0.05) is 12.6 Å². The first-order valence-corrected chi connectivity index (χ1v) is 7.48. The van der Waals surface area contributed by atoms with E-state index in [1.807, 2.05) is 0 Å². The Balaban J connectivity index is 1.41. The molecule has 1 N–H and O–H groups in total. The van der Waals surface area contributed by atoms with Crippen LogP contribution >= 0.6 is 0 Å². The lowest BCUT2D eigenvalue weighted by Crippen LogP contribution is -2.40. The Bertz CT molecular complexity index is 462. The fraction of sp³-hybridized carbons (Fsp3) is 0.625. The van der Waals surface area contributed by atoms with Crippen LogP contribution in [0.15, 0.2) is 24.3 Å². The second-order valence-corrected chi connectivity index (χ2v) is 5.93. The van der Waals surface area contributed by atoms with Crippen molar-refractivity contribution in [3.05, 3.63) is 35.4 Å². The van der Waals surface area contributed by atoms with Crippen molar-refractivity contribution in [2.45, 2.75) is 50.0 Å². The van der Waals surface area contributed by atoms with Crippen LogP contribution in [0.1, 0.15) is 36.5 Å². The van der Waals surface area contributed by atoms with Gasteiger partial charge in [0.2, 0.25) is 0 Å². The molecule has 102 valence electrons. The van der Waals surface area contributed by atoms with E-state index in [1.54, 1.807) is 0 Å². The van der Waals surface area contributed by atoms with Crippen LogP contribution < -0.4 is 5.32 Å². The fourth-order valence-electron chi connectivity index (χ4n) is 3.76. The highest BCUT2D eigenvalue weighted by atomic mass is 16.5. The van der Waals surface area contributed by atoms with Crippen molar-refractivity contribution in [1.29, 1.82) is 0 Å². The maximum Gasteiger partial charge on any atom is 0.0952 e. The molecule has 0 aromatic heterocycles. The van der Waals surface area contributed by atoms with Gasteiger partial charge in [-0.25, -0.2) is 0 Å². The molecule has 3 heteroatoms. The molecule has 19 heavy (non-hydrogen) atoms. The van der Waals surface area contributed by atoms with Gasteiger partial charge in [-0.05, 0) is 36.8 Å². The minimum atomic E-state index is 0.212. The van der Waals surface area contributed by atoms with Crippen molar-refractivity contribution < 1.29 is 9.47 Å². The molecule has 4 rings (SSSR count). The van der Waals surface area contributed by atoms with E-state index in [0.29, 0.717) is 18.2 Å². The molecular weight excluding hydrogens is 238 g/mol. The van der Waals surface area contributed by atoms with E-state index in [-0.39, 0.29) is 6.10 Å². The average Bonchev–Trinajstić information content (AvgIpc) is 3.07. The van der Waals surface area contributed by atoms with Crippen molar-refractivity contribution in [2.75, 3.05) is 13.2 Å². The van der Waals surface area contributed by atoms with Gasteiger partial charge in [-0.1, -0.05) is 24.3 Å². The Morgan fingerprint density at radius 1 is 1.21 bits per heavy atom. The summed E-state index contributed by atoms with van der Waals surface area (Å²) in [4.78, 5) is 0. The van der Waals surface area contributed by atoms with Crippen molar-refractivity contribution in [3.8, 4) is 0 Å². The van der Waals surface area contributed by atoms with Gasteiger partial charge in [-0.3, -0.25) is 0 Å². The summed E-state index contributed by atoms with van der Waals surface area (Å²) in [6.45, 7) is 1.75. The number of hydrogen-bond acceptors (Lipinski definition) is 3. The molecule has 4 atom stereocenters. The highest BCUT2D eigenvalue weighted by Crippen LogP contribution is 2.35. The van der Waals surface area contributed by atoms with Crippen LogP contribution in [-0.4, -0.2) is 31.4 Å². The van der Waals surface area contributed by atoms with Gasteiger partial charge >= 0.3 is 0 Å². The van der Waals surface area contributed by atoms with Crippen LogP contribution in [0.3, 0.4) is 0 Å². The summed E-state index contributed by atoms with van der Waals surface area (Å²) in [5.74, 6) is 0. The summed E-state index contributed by atoms with van der Waals surface area (Å²) >= 11 is 0. The highest BCUT2D eigenvalue weighted by molar-refractivity contribution is 5.31. The molecule has 0 radical (unpaired) electrons. The lowest BCUT2D eigenvalue weighted by Gasteiger charge is -2.28. The summed E-state index contributed by atoms with van der Waals surface area (Å²) < 4.78 is 11.8. The minimum Gasteiger partial charge on any atom is -0.373 e. The van der Waals surface area contributed by atoms with Gasteiger partial charge in [-0.2, -0.15) is 0 Å². The van der Waals surface area contributed by atoms with Crippen LogP contribution in [0.4, 0.5) is 0 Å². The number of benzene rings is 1. The molecule has 3 aliphatic rings. The smallest absolute Gasteiger partial charge is 0.0952 e. The molecule has 0 saturated carbocycles. The van der Waals surface area contributed by atoms with Gasteiger partial charge < -0.3 is 14.8 Å². The van der Waals surface area contributed by atoms with Crippen LogP contribution in [0.5, 0.6) is 0 Å². The lowest BCUT2D eigenvalue weighted by atomic mass is 9.94. The minimum absolute atomic E-state index is 0.212. The summed E-state index contributed by atoms with van der Waals surface area (Å²) in [5, 5.41) is 3.67. The van der Waals surface area contributed by atoms with Crippen molar-refractivity contribution >= 4 is 0 Å². The van der Waals surface area contributed by atoms with Gasteiger partial charge in [0.1, 0.15) is 0 Å². The number of hydrogen-bond donors (Lipinski definition) is 1. The number of rotatable bonds is 3. The van der Waals surface area contributed by atoms with E-state index in [9.17, 15) is 0 Å². The Labute approximate surface area is 114 Å². The predicted molar refractivity (Wildman–Crippen MR) is 73.1 cm³/mol. The van der Waals surface area contributed by atoms with Gasteiger partial charge in [0.25, 0.3) is 0 Å². The monoisotopic (exact) mass is 259 g/mol. The Morgan fingerprint density at radius 3 is 3.00 bits per heavy atom. The number of fused-ring (bicyclic) bond motifs is 3. The third-order valence-electron chi connectivity index (χ3n) is 4.76. The van der Waals surface area contributed by atoms with Gasteiger partial charge in [0.15, 0.2) is 0 Å². The van der Waals surface area contributed by atoms with Crippen molar-refractivity contribution in [2.24, 2.45) is 0 Å². The summed E-state index contributed by atoms with van der Waals surface area (Å²) in [6, 6.07) is 9.21. The van der Waals surface area contributed by atoms with Crippen LogP contribution in [-0.2, 0) is 15.9 Å². The fourth-order valence-corrected chi connectivity index (χ4v) is 3.76. The average molecular weight is 259 g/mol. The SMILES string of the molecule is c1ccc2c(c1)CCOC2CNC1CC2CCC1O2. The molecule has 3 nitrogen and oxygen atoms in total. The van der Waals surface area contributed by atoms with Crippen LogP contribution in [0.2, 0.25) is 0 Å². The first kappa shape index (κ1) is 11.9. The second kappa shape index (κ2) is 4.89. The predicted octanol–water partition coefficient (Wildman–Crippen LogP) is 2.21. The first-order chi connectivity index (χ1) is 9.40. The topological polar surface area (TPSA) is 30.5 Å². The zero-order valence-electron chi connectivity index (χ0n) is 11.2. The van der Waals surface area contributed by atoms with Gasteiger partial charge in [0.05, 0.1) is 24.9 Å². The van der Waals surface area contributed by atoms with E-state index >= 15 is 0 Å². The molecule has 1 aromatic rings. The Hall–Kier alpha value is -0.900. The molecule has 1 aromatic carbocycles. The largest absolute Gasteiger partial charge is 0.373 e.